The lowest BCUT2D eigenvalue weighted by Gasteiger charge is -2.14. The Hall–Kier alpha value is -1.23. The molecule has 1 unspecified atom stereocenters. The summed E-state index contributed by atoms with van der Waals surface area (Å²) in [5, 5.41) is 3.22. The Morgan fingerprint density at radius 1 is 1.44 bits per heavy atom. The third kappa shape index (κ3) is 4.96. The second-order valence-corrected chi connectivity index (χ2v) is 6.14. The maximum Gasteiger partial charge on any atom is 0.144 e. The monoisotopic (exact) mass is 270 g/mol. The summed E-state index contributed by atoms with van der Waals surface area (Å²) < 4.78 is 16.9. The van der Waals surface area contributed by atoms with Gasteiger partial charge in [0.1, 0.15) is 5.75 Å². The first-order valence-electron chi connectivity index (χ1n) is 6.18. The van der Waals surface area contributed by atoms with Crippen LogP contribution in [-0.2, 0) is 10.8 Å². The van der Waals surface area contributed by atoms with Gasteiger partial charge in [-0.1, -0.05) is 6.92 Å². The first-order valence-corrected chi connectivity index (χ1v) is 7.66. The number of benzene rings is 1. The Bertz CT molecular complexity index is 408. The summed E-state index contributed by atoms with van der Waals surface area (Å²) >= 11 is 0. The molecular formula is C13H22N2O2S. The predicted molar refractivity (Wildman–Crippen MR) is 78.7 cm³/mol. The zero-order valence-corrected chi connectivity index (χ0v) is 12.0. The normalized spacial score (nSPS) is 12.4. The molecular weight excluding hydrogens is 248 g/mol. The molecule has 0 bridgehead atoms. The van der Waals surface area contributed by atoms with Crippen LogP contribution in [0, 0.1) is 0 Å². The lowest BCUT2D eigenvalue weighted by molar-refractivity contribution is 0.244. The second-order valence-electron chi connectivity index (χ2n) is 4.28. The SMILES string of the molecule is CCS(=O)CCNc1ccc(N)c(OC(C)C)c1. The van der Waals surface area contributed by atoms with Gasteiger partial charge in [-0.05, 0) is 26.0 Å². The van der Waals surface area contributed by atoms with Crippen LogP contribution in [0.25, 0.3) is 0 Å². The largest absolute Gasteiger partial charge is 0.489 e. The smallest absolute Gasteiger partial charge is 0.144 e. The summed E-state index contributed by atoms with van der Waals surface area (Å²) in [5.41, 5.74) is 7.40. The van der Waals surface area contributed by atoms with Crippen molar-refractivity contribution in [3.05, 3.63) is 18.2 Å². The molecule has 0 saturated carbocycles. The lowest BCUT2D eigenvalue weighted by Crippen LogP contribution is -2.12. The Morgan fingerprint density at radius 2 is 2.17 bits per heavy atom. The summed E-state index contributed by atoms with van der Waals surface area (Å²) in [5.74, 6) is 2.04. The molecule has 1 aromatic carbocycles. The van der Waals surface area contributed by atoms with E-state index >= 15 is 0 Å². The molecule has 102 valence electrons. The first kappa shape index (κ1) is 14.8. The molecule has 1 rings (SSSR count). The summed E-state index contributed by atoms with van der Waals surface area (Å²) in [6, 6.07) is 5.60. The number of ether oxygens (including phenoxy) is 1. The van der Waals surface area contributed by atoms with Crippen molar-refractivity contribution in [3.8, 4) is 5.75 Å². The number of hydrogen-bond acceptors (Lipinski definition) is 4. The van der Waals surface area contributed by atoms with E-state index in [4.69, 9.17) is 10.5 Å². The summed E-state index contributed by atoms with van der Waals surface area (Å²) in [4.78, 5) is 0. The average Bonchev–Trinajstić information content (AvgIpc) is 2.32. The van der Waals surface area contributed by atoms with Crippen LogP contribution in [0.4, 0.5) is 11.4 Å². The van der Waals surface area contributed by atoms with Gasteiger partial charge in [0.15, 0.2) is 0 Å². The molecule has 0 spiro atoms. The standard InChI is InChI=1S/C13H22N2O2S/c1-4-18(16)8-7-15-11-5-6-12(14)13(9-11)17-10(2)3/h5-6,9-10,15H,4,7-8,14H2,1-3H3. The van der Waals surface area contributed by atoms with Crippen molar-refractivity contribution < 1.29 is 8.95 Å². The molecule has 0 aliphatic heterocycles. The van der Waals surface area contributed by atoms with Gasteiger partial charge in [-0.2, -0.15) is 0 Å². The number of nitrogens with one attached hydrogen (secondary N) is 1. The minimum atomic E-state index is -0.738. The number of hydrogen-bond donors (Lipinski definition) is 2. The number of rotatable bonds is 7. The zero-order valence-electron chi connectivity index (χ0n) is 11.2. The van der Waals surface area contributed by atoms with Crippen molar-refractivity contribution >= 4 is 22.2 Å². The van der Waals surface area contributed by atoms with Crippen molar-refractivity contribution in [1.29, 1.82) is 0 Å². The van der Waals surface area contributed by atoms with E-state index in [9.17, 15) is 4.21 Å². The van der Waals surface area contributed by atoms with Crippen molar-refractivity contribution in [2.75, 3.05) is 29.1 Å². The van der Waals surface area contributed by atoms with E-state index in [0.29, 0.717) is 29.5 Å². The van der Waals surface area contributed by atoms with E-state index in [1.54, 1.807) is 0 Å². The number of nitrogens with two attached hydrogens (primary N) is 1. The van der Waals surface area contributed by atoms with E-state index < -0.39 is 10.8 Å². The van der Waals surface area contributed by atoms with Crippen LogP contribution in [0.15, 0.2) is 18.2 Å². The van der Waals surface area contributed by atoms with Gasteiger partial charge in [0, 0.05) is 40.6 Å². The van der Waals surface area contributed by atoms with Crippen molar-refractivity contribution in [2.24, 2.45) is 0 Å². The predicted octanol–water partition coefficient (Wildman–Crippen LogP) is 2.24. The Kier molecular flexibility index (Phi) is 5.98. The fraction of sp³-hybridized carbons (Fsp3) is 0.538. The van der Waals surface area contributed by atoms with Gasteiger partial charge >= 0.3 is 0 Å². The van der Waals surface area contributed by atoms with Crippen molar-refractivity contribution in [1.82, 2.24) is 0 Å². The molecule has 3 N–H and O–H groups in total. The molecule has 0 saturated heterocycles. The van der Waals surface area contributed by atoms with Gasteiger partial charge in [0.05, 0.1) is 11.8 Å². The molecule has 0 amide bonds. The van der Waals surface area contributed by atoms with Crippen LogP contribution in [0.2, 0.25) is 0 Å². The maximum atomic E-state index is 11.3. The van der Waals surface area contributed by atoms with E-state index in [-0.39, 0.29) is 6.10 Å². The first-order chi connectivity index (χ1) is 8.52. The van der Waals surface area contributed by atoms with E-state index in [2.05, 4.69) is 5.32 Å². The second kappa shape index (κ2) is 7.26. The zero-order chi connectivity index (χ0) is 13.5. The quantitative estimate of drug-likeness (QED) is 0.746. The van der Waals surface area contributed by atoms with Gasteiger partial charge in [-0.15, -0.1) is 0 Å². The highest BCUT2D eigenvalue weighted by molar-refractivity contribution is 7.84. The molecule has 0 radical (unpaired) electrons. The maximum absolute atomic E-state index is 11.3. The third-order valence-electron chi connectivity index (χ3n) is 2.36. The highest BCUT2D eigenvalue weighted by Gasteiger charge is 2.04. The fourth-order valence-electron chi connectivity index (χ4n) is 1.45. The van der Waals surface area contributed by atoms with E-state index in [1.165, 1.54) is 0 Å². The summed E-state index contributed by atoms with van der Waals surface area (Å²) in [7, 11) is -0.738. The minimum Gasteiger partial charge on any atom is -0.489 e. The molecule has 18 heavy (non-hydrogen) atoms. The van der Waals surface area contributed by atoms with Crippen molar-refractivity contribution in [2.45, 2.75) is 26.9 Å². The van der Waals surface area contributed by atoms with Gasteiger partial charge < -0.3 is 15.8 Å². The van der Waals surface area contributed by atoms with Gasteiger partial charge in [-0.25, -0.2) is 0 Å². The molecule has 0 fully saturated rings. The Morgan fingerprint density at radius 3 is 2.78 bits per heavy atom. The molecule has 4 nitrogen and oxygen atoms in total. The molecule has 1 atom stereocenters. The van der Waals surface area contributed by atoms with Crippen LogP contribution < -0.4 is 15.8 Å². The fourth-order valence-corrected chi connectivity index (χ4v) is 2.07. The van der Waals surface area contributed by atoms with E-state index in [1.807, 2.05) is 39.0 Å². The third-order valence-corrected chi connectivity index (χ3v) is 3.66. The Labute approximate surface area is 111 Å². The van der Waals surface area contributed by atoms with E-state index in [0.717, 1.165) is 5.69 Å². The molecule has 0 aliphatic rings. The average molecular weight is 270 g/mol. The highest BCUT2D eigenvalue weighted by Crippen LogP contribution is 2.26. The molecule has 0 aliphatic carbocycles. The van der Waals surface area contributed by atoms with Crippen LogP contribution in [0.1, 0.15) is 20.8 Å². The highest BCUT2D eigenvalue weighted by atomic mass is 32.2. The summed E-state index contributed by atoms with van der Waals surface area (Å²) in [6.07, 6.45) is 0.0927. The van der Waals surface area contributed by atoms with Crippen LogP contribution in [-0.4, -0.2) is 28.4 Å². The topological polar surface area (TPSA) is 64.4 Å². The van der Waals surface area contributed by atoms with Crippen LogP contribution in [0.3, 0.4) is 0 Å². The lowest BCUT2D eigenvalue weighted by atomic mass is 10.2. The van der Waals surface area contributed by atoms with Crippen LogP contribution >= 0.6 is 0 Å². The number of anilines is 2. The Balaban J connectivity index is 2.58. The van der Waals surface area contributed by atoms with Gasteiger partial charge in [0.2, 0.25) is 0 Å². The molecule has 0 aromatic heterocycles. The molecule has 1 aromatic rings. The molecule has 0 heterocycles. The minimum absolute atomic E-state index is 0.0927. The van der Waals surface area contributed by atoms with Crippen LogP contribution in [0.5, 0.6) is 5.75 Å². The van der Waals surface area contributed by atoms with Gasteiger partial charge in [-0.3, -0.25) is 4.21 Å². The number of nitrogen functional groups attached to an aromatic ring is 1. The summed E-state index contributed by atoms with van der Waals surface area (Å²) in [6.45, 7) is 6.53. The van der Waals surface area contributed by atoms with Gasteiger partial charge in [0.25, 0.3) is 0 Å². The molecule has 5 heteroatoms. The van der Waals surface area contributed by atoms with Crippen molar-refractivity contribution in [3.63, 3.8) is 0 Å².